The maximum absolute atomic E-state index is 12.8. The molecule has 2 fully saturated rings. The Hall–Kier alpha value is -1.42. The van der Waals surface area contributed by atoms with Crippen molar-refractivity contribution in [2.24, 2.45) is 10.9 Å². The fourth-order valence-corrected chi connectivity index (χ4v) is 5.47. The average molecular weight is 571 g/mol. The van der Waals surface area contributed by atoms with E-state index in [1.165, 1.54) is 0 Å². The Morgan fingerprint density at radius 1 is 1.19 bits per heavy atom. The summed E-state index contributed by atoms with van der Waals surface area (Å²) in [5, 5.41) is 8.10. The third-order valence-electron chi connectivity index (χ3n) is 6.41. The van der Waals surface area contributed by atoms with Crippen LogP contribution in [0.4, 0.5) is 0 Å². The lowest BCUT2D eigenvalue weighted by Gasteiger charge is -2.34. The molecular formula is C24H35IN4O2S. The Bertz CT molecular complexity index is 918. The first-order valence-corrected chi connectivity index (χ1v) is 12.7. The highest BCUT2D eigenvalue weighted by molar-refractivity contribution is 14.0. The molecule has 32 heavy (non-hydrogen) atoms. The number of halogens is 1. The predicted molar refractivity (Wildman–Crippen MR) is 144 cm³/mol. The topological polar surface area (TPSA) is 69.9 Å². The van der Waals surface area contributed by atoms with Crippen molar-refractivity contribution >= 4 is 58.6 Å². The van der Waals surface area contributed by atoms with Crippen molar-refractivity contribution in [3.63, 3.8) is 0 Å². The van der Waals surface area contributed by atoms with Crippen LogP contribution < -0.4 is 10.6 Å². The minimum Gasteiger partial charge on any atom is -0.459 e. The van der Waals surface area contributed by atoms with Gasteiger partial charge in [0.05, 0.1) is 0 Å². The van der Waals surface area contributed by atoms with Crippen molar-refractivity contribution in [2.75, 3.05) is 31.1 Å². The van der Waals surface area contributed by atoms with E-state index in [1.54, 1.807) is 0 Å². The molecule has 1 aromatic carbocycles. The summed E-state index contributed by atoms with van der Waals surface area (Å²) in [5.41, 5.74) is 2.07. The van der Waals surface area contributed by atoms with E-state index in [-0.39, 0.29) is 29.9 Å². The number of aryl methyl sites for hydroxylation is 1. The summed E-state index contributed by atoms with van der Waals surface area (Å²) in [7, 11) is 0. The Kier molecular flexibility index (Phi) is 9.58. The van der Waals surface area contributed by atoms with Gasteiger partial charge in [0.2, 0.25) is 5.91 Å². The number of nitrogens with zero attached hydrogens (tertiary/aromatic N) is 2. The molecule has 1 aliphatic carbocycles. The van der Waals surface area contributed by atoms with Crippen LogP contribution in [0.1, 0.15) is 43.9 Å². The molecule has 4 rings (SSSR count). The summed E-state index contributed by atoms with van der Waals surface area (Å²) < 4.78 is 6.01. The van der Waals surface area contributed by atoms with Crippen LogP contribution in [0, 0.1) is 12.8 Å². The number of furan rings is 1. The van der Waals surface area contributed by atoms with Crippen LogP contribution in [0.2, 0.25) is 0 Å². The Labute approximate surface area is 212 Å². The molecule has 0 unspecified atom stereocenters. The first kappa shape index (κ1) is 25.2. The molecule has 0 atom stereocenters. The number of benzene rings is 1. The summed E-state index contributed by atoms with van der Waals surface area (Å²) >= 11 is 1.95. The van der Waals surface area contributed by atoms with Gasteiger partial charge in [-0.2, -0.15) is 11.8 Å². The number of rotatable bonds is 5. The van der Waals surface area contributed by atoms with E-state index >= 15 is 0 Å². The summed E-state index contributed by atoms with van der Waals surface area (Å²) in [4.78, 5) is 19.7. The zero-order chi connectivity index (χ0) is 21.6. The smallest absolute Gasteiger partial charge is 0.225 e. The van der Waals surface area contributed by atoms with Gasteiger partial charge < -0.3 is 20.0 Å². The molecule has 176 valence electrons. The third kappa shape index (κ3) is 6.12. The number of carbonyl (C=O) groups excluding carboxylic acids is 1. The van der Waals surface area contributed by atoms with Crippen molar-refractivity contribution in [1.29, 1.82) is 0 Å². The molecule has 8 heteroatoms. The number of amides is 1. The number of para-hydroxylation sites is 1. The normalized spacial score (nSPS) is 21.8. The van der Waals surface area contributed by atoms with Gasteiger partial charge in [-0.1, -0.05) is 18.2 Å². The molecule has 1 aromatic heterocycles. The van der Waals surface area contributed by atoms with Crippen LogP contribution in [0.5, 0.6) is 0 Å². The molecular weight excluding hydrogens is 535 g/mol. The minimum absolute atomic E-state index is 0. The fraction of sp³-hybridized carbons (Fsp3) is 0.583. The van der Waals surface area contributed by atoms with E-state index in [0.717, 1.165) is 85.1 Å². The van der Waals surface area contributed by atoms with Crippen molar-refractivity contribution in [3.05, 3.63) is 35.6 Å². The van der Waals surface area contributed by atoms with Crippen LogP contribution in [0.25, 0.3) is 11.0 Å². The molecule has 2 N–H and O–H groups in total. The lowest BCUT2D eigenvalue weighted by atomic mass is 9.85. The van der Waals surface area contributed by atoms with Crippen molar-refractivity contribution in [1.82, 2.24) is 15.5 Å². The second kappa shape index (κ2) is 12.2. The summed E-state index contributed by atoms with van der Waals surface area (Å²) in [5.74, 6) is 4.46. The standard InChI is InChI=1S/C24H34N4O2S.HI/c1-3-25-24(26-16-22-17(2)20-6-4-5-7-21(20)30-22)27-19-10-8-18(9-11-19)23(29)28-12-14-31-15-13-28;/h4-7,18-19H,3,8-16H2,1-2H3,(H2,25,26,27);1H. The van der Waals surface area contributed by atoms with E-state index in [9.17, 15) is 4.79 Å². The zero-order valence-electron chi connectivity index (χ0n) is 19.1. The Morgan fingerprint density at radius 2 is 1.91 bits per heavy atom. The van der Waals surface area contributed by atoms with E-state index in [1.807, 2.05) is 30.0 Å². The SMILES string of the molecule is CCNC(=NCc1oc2ccccc2c1C)NC1CCC(C(=O)N2CCSCC2)CC1.I. The van der Waals surface area contributed by atoms with Crippen LogP contribution in [0.15, 0.2) is 33.7 Å². The summed E-state index contributed by atoms with van der Waals surface area (Å²) in [6.45, 7) is 7.33. The second-order valence-electron chi connectivity index (χ2n) is 8.47. The van der Waals surface area contributed by atoms with E-state index < -0.39 is 0 Å². The zero-order valence-corrected chi connectivity index (χ0v) is 22.2. The van der Waals surface area contributed by atoms with Gasteiger partial charge in [-0.05, 0) is 45.6 Å². The highest BCUT2D eigenvalue weighted by Gasteiger charge is 2.30. The van der Waals surface area contributed by atoms with E-state index in [0.29, 0.717) is 18.5 Å². The second-order valence-corrected chi connectivity index (χ2v) is 9.70. The van der Waals surface area contributed by atoms with Gasteiger partial charge in [-0.25, -0.2) is 4.99 Å². The molecule has 1 aliphatic heterocycles. The van der Waals surface area contributed by atoms with Gasteiger partial charge in [0.1, 0.15) is 17.9 Å². The molecule has 0 bridgehead atoms. The Balaban J connectivity index is 0.00000289. The lowest BCUT2D eigenvalue weighted by molar-refractivity contribution is -0.136. The minimum atomic E-state index is 0. The molecule has 0 radical (unpaired) electrons. The molecule has 0 spiro atoms. The van der Waals surface area contributed by atoms with Gasteiger partial charge in [0.15, 0.2) is 5.96 Å². The number of thioether (sulfide) groups is 1. The van der Waals surface area contributed by atoms with E-state index in [4.69, 9.17) is 9.41 Å². The van der Waals surface area contributed by atoms with E-state index in [2.05, 4.69) is 35.4 Å². The highest BCUT2D eigenvalue weighted by Crippen LogP contribution is 2.28. The monoisotopic (exact) mass is 570 g/mol. The van der Waals surface area contributed by atoms with Gasteiger partial charge in [0, 0.05) is 54.0 Å². The van der Waals surface area contributed by atoms with Crippen molar-refractivity contribution in [2.45, 2.75) is 52.1 Å². The number of carbonyl (C=O) groups is 1. The van der Waals surface area contributed by atoms with Gasteiger partial charge in [0.25, 0.3) is 0 Å². The molecule has 2 aliphatic rings. The van der Waals surface area contributed by atoms with Gasteiger partial charge in [-0.3, -0.25) is 4.79 Å². The summed E-state index contributed by atoms with van der Waals surface area (Å²) in [6.07, 6.45) is 3.94. The predicted octanol–water partition coefficient (Wildman–Crippen LogP) is 4.55. The van der Waals surface area contributed by atoms with Crippen LogP contribution >= 0.6 is 35.7 Å². The first-order chi connectivity index (χ1) is 15.2. The summed E-state index contributed by atoms with van der Waals surface area (Å²) in [6, 6.07) is 8.48. The van der Waals surface area contributed by atoms with Crippen molar-refractivity contribution < 1.29 is 9.21 Å². The quantitative estimate of drug-likeness (QED) is 0.314. The first-order valence-electron chi connectivity index (χ1n) is 11.5. The number of nitrogens with one attached hydrogen (secondary N) is 2. The molecule has 2 heterocycles. The van der Waals surface area contributed by atoms with Crippen LogP contribution in [0.3, 0.4) is 0 Å². The molecule has 1 saturated carbocycles. The average Bonchev–Trinajstić information content (AvgIpc) is 3.14. The van der Waals surface area contributed by atoms with Gasteiger partial charge >= 0.3 is 0 Å². The number of aliphatic imine (C=N–C) groups is 1. The number of hydrogen-bond donors (Lipinski definition) is 2. The molecule has 1 amide bonds. The van der Waals surface area contributed by atoms with Gasteiger partial charge in [-0.15, -0.1) is 24.0 Å². The largest absolute Gasteiger partial charge is 0.459 e. The maximum Gasteiger partial charge on any atom is 0.225 e. The molecule has 6 nitrogen and oxygen atoms in total. The van der Waals surface area contributed by atoms with Crippen LogP contribution in [-0.4, -0.2) is 53.9 Å². The fourth-order valence-electron chi connectivity index (χ4n) is 4.57. The lowest BCUT2D eigenvalue weighted by Crippen LogP contribution is -2.47. The van der Waals surface area contributed by atoms with Crippen LogP contribution in [-0.2, 0) is 11.3 Å². The Morgan fingerprint density at radius 3 is 2.59 bits per heavy atom. The van der Waals surface area contributed by atoms with Crippen molar-refractivity contribution in [3.8, 4) is 0 Å². The number of hydrogen-bond acceptors (Lipinski definition) is 4. The molecule has 2 aromatic rings. The number of guanidine groups is 1. The maximum atomic E-state index is 12.8. The molecule has 1 saturated heterocycles. The number of fused-ring (bicyclic) bond motifs is 1. The highest BCUT2D eigenvalue weighted by atomic mass is 127. The third-order valence-corrected chi connectivity index (χ3v) is 7.35.